The Bertz CT molecular complexity index is 3310. The molecule has 4 atom stereocenters. The first-order valence-corrected chi connectivity index (χ1v) is 28.4. The summed E-state index contributed by atoms with van der Waals surface area (Å²) in [7, 11) is -8.59. The molecule has 5 aromatic carbocycles. The molecule has 2 aliphatic carbocycles. The maximum absolute atomic E-state index is 12.1. The maximum Gasteiger partial charge on any atom is 0.429 e. The van der Waals surface area contributed by atoms with E-state index < -0.39 is 31.4 Å². The summed E-state index contributed by atoms with van der Waals surface area (Å²) in [5.74, 6) is 0.263. The molecule has 9 rings (SSSR count). The average molecular weight is 999 g/mol. The second-order valence-electron chi connectivity index (χ2n) is 20.5. The lowest BCUT2D eigenvalue weighted by Crippen LogP contribution is -3.11. The molecule has 4 aliphatic rings. The lowest BCUT2D eigenvalue weighted by atomic mass is 9.72. The number of hydrogen-bond donors (Lipinski definition) is 3. The largest absolute Gasteiger partial charge is 0.748 e. The molecule has 12 nitrogen and oxygen atoms in total. The Hall–Kier alpha value is -5.66. The van der Waals surface area contributed by atoms with Gasteiger partial charge in [-0.15, -0.1) is 0 Å². The van der Waals surface area contributed by atoms with E-state index in [4.69, 9.17) is 9.47 Å². The highest BCUT2D eigenvalue weighted by Crippen LogP contribution is 2.51. The van der Waals surface area contributed by atoms with Gasteiger partial charge < -0.3 is 14.0 Å². The van der Waals surface area contributed by atoms with Gasteiger partial charge in [-0.1, -0.05) is 66.8 Å². The summed E-state index contributed by atoms with van der Waals surface area (Å²) < 4.78 is 82.1. The van der Waals surface area contributed by atoms with Crippen LogP contribution in [0.3, 0.4) is 0 Å². The molecule has 0 saturated carbocycles. The summed E-state index contributed by atoms with van der Waals surface area (Å²) in [6.07, 6.45) is 13.4. The van der Waals surface area contributed by atoms with Gasteiger partial charge in [0.05, 0.1) is 58.6 Å². The van der Waals surface area contributed by atoms with E-state index in [9.17, 15) is 31.3 Å². The van der Waals surface area contributed by atoms with Crippen molar-refractivity contribution < 1.29 is 45.2 Å². The quantitative estimate of drug-likeness (QED) is 0.0644. The number of ether oxygens (including phenoxy) is 2. The van der Waals surface area contributed by atoms with Gasteiger partial charge in [0.1, 0.15) is 28.9 Å². The highest BCUT2D eigenvalue weighted by molar-refractivity contribution is 7.85. The minimum absolute atomic E-state index is 0.0500. The van der Waals surface area contributed by atoms with Crippen molar-refractivity contribution in [3.8, 4) is 11.5 Å². The van der Waals surface area contributed by atoms with Crippen molar-refractivity contribution in [2.24, 2.45) is 0 Å². The molecule has 2 aliphatic heterocycles. The van der Waals surface area contributed by atoms with E-state index in [1.807, 2.05) is 32.0 Å². The van der Waals surface area contributed by atoms with Crippen molar-refractivity contribution in [1.29, 1.82) is 5.39 Å². The molecule has 4 unspecified atom stereocenters. The van der Waals surface area contributed by atoms with Crippen LogP contribution >= 0.6 is 0 Å². The molecule has 5 aromatic rings. The van der Waals surface area contributed by atoms with Crippen LogP contribution in [0.15, 0.2) is 131 Å². The first kappa shape index (κ1) is 50.3. The van der Waals surface area contributed by atoms with Crippen LogP contribution in [0.2, 0.25) is 0 Å². The van der Waals surface area contributed by atoms with Crippen LogP contribution in [-0.2, 0) is 37.5 Å². The van der Waals surface area contributed by atoms with Gasteiger partial charge in [-0.25, -0.2) is 8.42 Å². The Balaban J connectivity index is 1.18. The third kappa shape index (κ3) is 10.1. The van der Waals surface area contributed by atoms with Crippen molar-refractivity contribution in [2.45, 2.75) is 109 Å². The number of benzene rings is 5. The molecule has 0 radical (unpaired) electrons. The first-order valence-electron chi connectivity index (χ1n) is 25.2. The number of diazo groups is 1. The molecule has 14 heteroatoms. The summed E-state index contributed by atoms with van der Waals surface area (Å²) in [5.41, 5.74) is 10.7. The number of fused-ring (bicyclic) bond motifs is 6. The molecule has 71 heavy (non-hydrogen) atoms. The van der Waals surface area contributed by atoms with E-state index >= 15 is 0 Å². The second-order valence-corrected chi connectivity index (χ2v) is 23.6. The zero-order chi connectivity index (χ0) is 50.3. The third-order valence-electron chi connectivity index (χ3n) is 15.3. The van der Waals surface area contributed by atoms with Crippen molar-refractivity contribution in [2.75, 3.05) is 37.8 Å². The maximum atomic E-state index is 12.1. The molecule has 0 fully saturated rings. The van der Waals surface area contributed by atoms with Gasteiger partial charge in [0.15, 0.2) is 4.98 Å². The summed E-state index contributed by atoms with van der Waals surface area (Å²) in [4.78, 5) is 6.08. The fraction of sp³-hybridized carbons (Fsp3) is 0.404. The zero-order valence-corrected chi connectivity index (χ0v) is 43.1. The summed E-state index contributed by atoms with van der Waals surface area (Å²) in [6.45, 7) is 12.4. The van der Waals surface area contributed by atoms with Crippen molar-refractivity contribution in [3.63, 3.8) is 0 Å². The standard InChI is InChI=1S/C57H64N4O8S2/c1-6-68-45-35-44(53(59-58)50(36-45)69-7-2)37-57(5)52-47-23-11-9-19-41(47)25-27-49(52)61(29-15-31-71(65,66)67)55(57)43-21-13-17-39(34-43)32-38-16-12-20-42(33-38)54-56(3,4)51-46-22-10-8-18-40(46)24-26-48(51)60(54)28-14-30-70(62,63)64/h8-11,18-19,22-27,32-36,54H,6-7,12-17,20-21,28-31,37H2,1-5H3,(H-,62,63,64,65,66,67)/p+2. The van der Waals surface area contributed by atoms with Crippen molar-refractivity contribution in [3.05, 3.63) is 153 Å². The van der Waals surface area contributed by atoms with Gasteiger partial charge in [0, 0.05) is 53.5 Å². The van der Waals surface area contributed by atoms with Crippen LogP contribution in [0, 0.1) is 5.39 Å². The fourth-order valence-corrected chi connectivity index (χ4v) is 13.9. The van der Waals surface area contributed by atoms with Gasteiger partial charge in [-0.05, 0) is 136 Å². The SMILES string of the molecule is CCOc1cc(CC2(C)C(=C3C=C(C=C4C=C(C5[NH+](CCCS(=O)(=O)O)c6ccc7ccccc7c6C5(C)C)CCC4)CCC3)[NH+](CCCS(=O)(=O)[O-])c3ccc4ccccc4c32)c([N+]#N)c(OCC)c1. The van der Waals surface area contributed by atoms with E-state index in [0.29, 0.717) is 56.3 Å². The van der Waals surface area contributed by atoms with Gasteiger partial charge >= 0.3 is 5.69 Å². The normalized spacial score (nSPS) is 23.6. The molecular weight excluding hydrogens is 933 g/mol. The number of quaternary nitrogens is 2. The lowest BCUT2D eigenvalue weighted by molar-refractivity contribution is -0.852. The molecule has 372 valence electrons. The molecule has 0 aromatic heterocycles. The Morgan fingerprint density at radius 1 is 0.789 bits per heavy atom. The van der Waals surface area contributed by atoms with Crippen LogP contribution in [0.5, 0.6) is 11.5 Å². The molecule has 0 spiro atoms. The highest BCUT2D eigenvalue weighted by Gasteiger charge is 2.53. The van der Waals surface area contributed by atoms with Crippen molar-refractivity contribution >= 4 is 58.8 Å². The first-order chi connectivity index (χ1) is 33.9. The van der Waals surface area contributed by atoms with Crippen molar-refractivity contribution in [1.82, 2.24) is 0 Å². The highest BCUT2D eigenvalue weighted by atomic mass is 32.2. The number of hydrogen-bond acceptors (Lipinski definition) is 8. The molecule has 0 amide bonds. The Kier molecular flexibility index (Phi) is 14.2. The van der Waals surface area contributed by atoms with E-state index in [-0.39, 0.29) is 23.6 Å². The molecule has 0 bridgehead atoms. The summed E-state index contributed by atoms with van der Waals surface area (Å²) in [5, 5.41) is 15.2. The van der Waals surface area contributed by atoms with Gasteiger partial charge in [0.25, 0.3) is 10.1 Å². The van der Waals surface area contributed by atoms with Gasteiger partial charge in [-0.3, -0.25) is 14.4 Å². The Morgan fingerprint density at radius 2 is 1.45 bits per heavy atom. The average Bonchev–Trinajstić information content (AvgIpc) is 3.71. The second kappa shape index (κ2) is 20.1. The number of nitrogens with one attached hydrogen (secondary N) is 2. The van der Waals surface area contributed by atoms with Crippen LogP contribution in [0.1, 0.15) is 103 Å². The van der Waals surface area contributed by atoms with Crippen LogP contribution < -0.4 is 19.3 Å². The number of allylic oxidation sites excluding steroid dienone is 7. The molecule has 2 heterocycles. The number of rotatable bonds is 16. The van der Waals surface area contributed by atoms with Gasteiger partial charge in [-0.2, -0.15) is 8.42 Å². The smallest absolute Gasteiger partial charge is 0.429 e. The lowest BCUT2D eigenvalue weighted by Gasteiger charge is -2.34. The summed E-state index contributed by atoms with van der Waals surface area (Å²) in [6, 6.07) is 29.2. The molecule has 0 saturated heterocycles. The summed E-state index contributed by atoms with van der Waals surface area (Å²) >= 11 is 0. The van der Waals surface area contributed by atoms with Crippen LogP contribution in [0.25, 0.3) is 26.5 Å². The predicted molar refractivity (Wildman–Crippen MR) is 279 cm³/mol. The molecular formula is C57H66N4O8S2+2. The fourth-order valence-electron chi connectivity index (χ4n) is 12.9. The van der Waals surface area contributed by atoms with E-state index in [2.05, 4.69) is 105 Å². The zero-order valence-electron chi connectivity index (χ0n) is 41.5. The number of nitrogens with zero attached hydrogens (tertiary/aromatic N) is 2. The van der Waals surface area contributed by atoms with Gasteiger partial charge in [0.2, 0.25) is 11.1 Å². The van der Waals surface area contributed by atoms with E-state index in [1.54, 1.807) is 6.07 Å². The van der Waals surface area contributed by atoms with Crippen LogP contribution in [-0.4, -0.2) is 69.8 Å². The predicted octanol–water partition coefficient (Wildman–Crippen LogP) is 9.80. The Morgan fingerprint density at radius 3 is 2.13 bits per heavy atom. The van der Waals surface area contributed by atoms with E-state index in [0.717, 1.165) is 82.3 Å². The molecule has 3 N–H and O–H groups in total. The monoisotopic (exact) mass is 998 g/mol. The van der Waals surface area contributed by atoms with Crippen LogP contribution in [0.4, 0.5) is 17.1 Å². The minimum Gasteiger partial charge on any atom is -0.748 e. The topological polar surface area (TPSA) is 167 Å². The minimum atomic E-state index is -4.47. The Labute approximate surface area is 418 Å². The van der Waals surface area contributed by atoms with E-state index in [1.165, 1.54) is 43.6 Å². The third-order valence-corrected chi connectivity index (χ3v) is 16.9.